The SMILES string of the molecule is CN=C(NCCc1ccc(F)cc1)NCc1ccccn1.I. The van der Waals surface area contributed by atoms with E-state index in [1.54, 1.807) is 25.4 Å². The maximum absolute atomic E-state index is 12.8. The molecule has 0 fully saturated rings. The van der Waals surface area contributed by atoms with Crippen molar-refractivity contribution in [3.8, 4) is 0 Å². The lowest BCUT2D eigenvalue weighted by Crippen LogP contribution is -2.38. The summed E-state index contributed by atoms with van der Waals surface area (Å²) >= 11 is 0. The van der Waals surface area contributed by atoms with Crippen LogP contribution in [0.1, 0.15) is 11.3 Å². The number of nitrogens with one attached hydrogen (secondary N) is 2. The van der Waals surface area contributed by atoms with Gasteiger partial charge in [0, 0.05) is 19.8 Å². The van der Waals surface area contributed by atoms with Gasteiger partial charge >= 0.3 is 0 Å². The fourth-order valence-electron chi connectivity index (χ4n) is 1.87. The summed E-state index contributed by atoms with van der Waals surface area (Å²) in [5.41, 5.74) is 2.04. The van der Waals surface area contributed by atoms with Crippen molar-refractivity contribution in [2.24, 2.45) is 4.99 Å². The Labute approximate surface area is 147 Å². The molecule has 0 saturated carbocycles. The van der Waals surface area contributed by atoms with Crippen LogP contribution in [-0.2, 0) is 13.0 Å². The topological polar surface area (TPSA) is 49.3 Å². The quantitative estimate of drug-likeness (QED) is 0.450. The minimum absolute atomic E-state index is 0. The number of aromatic nitrogens is 1. The lowest BCUT2D eigenvalue weighted by molar-refractivity contribution is 0.626. The molecule has 0 atom stereocenters. The Bertz CT molecular complexity index is 572. The molecule has 118 valence electrons. The van der Waals surface area contributed by atoms with Gasteiger partial charge < -0.3 is 10.6 Å². The van der Waals surface area contributed by atoms with E-state index in [0.717, 1.165) is 30.2 Å². The minimum atomic E-state index is -0.209. The van der Waals surface area contributed by atoms with Gasteiger partial charge in [-0.15, -0.1) is 24.0 Å². The lowest BCUT2D eigenvalue weighted by Gasteiger charge is -2.11. The van der Waals surface area contributed by atoms with E-state index in [1.165, 1.54) is 12.1 Å². The first-order valence-electron chi connectivity index (χ1n) is 6.87. The zero-order chi connectivity index (χ0) is 14.9. The molecule has 0 bridgehead atoms. The number of pyridine rings is 1. The van der Waals surface area contributed by atoms with Gasteiger partial charge in [0.25, 0.3) is 0 Å². The molecular weight excluding hydrogens is 394 g/mol. The summed E-state index contributed by atoms with van der Waals surface area (Å²) in [5.74, 6) is 0.516. The molecule has 0 aliphatic heterocycles. The number of hydrogen-bond donors (Lipinski definition) is 2. The molecule has 1 aromatic carbocycles. The van der Waals surface area contributed by atoms with Crippen LogP contribution in [0, 0.1) is 5.82 Å². The first-order valence-corrected chi connectivity index (χ1v) is 6.87. The van der Waals surface area contributed by atoms with Crippen LogP contribution >= 0.6 is 24.0 Å². The largest absolute Gasteiger partial charge is 0.356 e. The van der Waals surface area contributed by atoms with Crippen molar-refractivity contribution < 1.29 is 4.39 Å². The molecule has 0 aliphatic rings. The second-order valence-corrected chi connectivity index (χ2v) is 4.55. The number of benzene rings is 1. The smallest absolute Gasteiger partial charge is 0.191 e. The Balaban J connectivity index is 0.00000242. The van der Waals surface area contributed by atoms with E-state index in [2.05, 4.69) is 20.6 Å². The van der Waals surface area contributed by atoms with Gasteiger partial charge in [0.1, 0.15) is 5.82 Å². The summed E-state index contributed by atoms with van der Waals surface area (Å²) in [7, 11) is 1.73. The predicted octanol–water partition coefficient (Wildman–Crippen LogP) is 2.75. The average Bonchev–Trinajstić information content (AvgIpc) is 2.53. The fourth-order valence-corrected chi connectivity index (χ4v) is 1.87. The van der Waals surface area contributed by atoms with Crippen LogP contribution in [0.5, 0.6) is 0 Å². The van der Waals surface area contributed by atoms with Gasteiger partial charge in [-0.05, 0) is 36.2 Å². The highest BCUT2D eigenvalue weighted by Gasteiger charge is 1.99. The lowest BCUT2D eigenvalue weighted by atomic mass is 10.1. The van der Waals surface area contributed by atoms with Crippen molar-refractivity contribution in [1.82, 2.24) is 15.6 Å². The van der Waals surface area contributed by atoms with Gasteiger partial charge in [-0.2, -0.15) is 0 Å². The molecule has 0 saturated heterocycles. The van der Waals surface area contributed by atoms with Gasteiger partial charge in [-0.1, -0.05) is 18.2 Å². The molecule has 2 N–H and O–H groups in total. The van der Waals surface area contributed by atoms with Crippen molar-refractivity contribution in [3.05, 3.63) is 65.7 Å². The number of guanidine groups is 1. The summed E-state index contributed by atoms with van der Waals surface area (Å²) in [5, 5.41) is 6.42. The molecule has 1 aromatic heterocycles. The van der Waals surface area contributed by atoms with Gasteiger partial charge in [-0.3, -0.25) is 9.98 Å². The van der Waals surface area contributed by atoms with E-state index in [4.69, 9.17) is 0 Å². The number of nitrogens with zero attached hydrogens (tertiary/aromatic N) is 2. The van der Waals surface area contributed by atoms with E-state index in [0.29, 0.717) is 6.54 Å². The van der Waals surface area contributed by atoms with Gasteiger partial charge in [-0.25, -0.2) is 4.39 Å². The average molecular weight is 414 g/mol. The highest BCUT2D eigenvalue weighted by atomic mass is 127. The minimum Gasteiger partial charge on any atom is -0.356 e. The van der Waals surface area contributed by atoms with E-state index in [1.807, 2.05) is 18.2 Å². The van der Waals surface area contributed by atoms with Crippen LogP contribution in [0.2, 0.25) is 0 Å². The first-order chi connectivity index (χ1) is 10.3. The van der Waals surface area contributed by atoms with Crippen molar-refractivity contribution >= 4 is 29.9 Å². The van der Waals surface area contributed by atoms with Gasteiger partial charge in [0.2, 0.25) is 0 Å². The Morgan fingerprint density at radius 3 is 2.55 bits per heavy atom. The molecule has 2 rings (SSSR count). The van der Waals surface area contributed by atoms with Crippen LogP contribution in [0.3, 0.4) is 0 Å². The van der Waals surface area contributed by atoms with E-state index in [9.17, 15) is 4.39 Å². The third kappa shape index (κ3) is 6.38. The first kappa shape index (κ1) is 18.3. The van der Waals surface area contributed by atoms with Crippen LogP contribution in [0.25, 0.3) is 0 Å². The van der Waals surface area contributed by atoms with Crippen LogP contribution in [0.15, 0.2) is 53.7 Å². The second-order valence-electron chi connectivity index (χ2n) is 4.55. The van der Waals surface area contributed by atoms with Crippen molar-refractivity contribution in [2.45, 2.75) is 13.0 Å². The highest BCUT2D eigenvalue weighted by molar-refractivity contribution is 14.0. The summed E-state index contributed by atoms with van der Waals surface area (Å²) in [4.78, 5) is 8.40. The van der Waals surface area contributed by atoms with Gasteiger partial charge in [0.15, 0.2) is 5.96 Å². The zero-order valence-corrected chi connectivity index (χ0v) is 14.8. The summed E-state index contributed by atoms with van der Waals surface area (Å²) in [6.45, 7) is 1.35. The van der Waals surface area contributed by atoms with Crippen LogP contribution in [0.4, 0.5) is 4.39 Å². The third-order valence-corrected chi connectivity index (χ3v) is 3.01. The summed E-state index contributed by atoms with van der Waals surface area (Å²) < 4.78 is 12.8. The monoisotopic (exact) mass is 414 g/mol. The maximum atomic E-state index is 12.8. The predicted molar refractivity (Wildman–Crippen MR) is 98.0 cm³/mol. The number of rotatable bonds is 5. The molecule has 6 heteroatoms. The molecule has 0 amide bonds. The molecule has 22 heavy (non-hydrogen) atoms. The Morgan fingerprint density at radius 2 is 1.91 bits per heavy atom. The standard InChI is InChI=1S/C16H19FN4.HI/c1-18-16(21-12-15-4-2-3-10-19-15)20-11-9-13-5-7-14(17)8-6-13;/h2-8,10H,9,11-12H2,1H3,(H2,18,20,21);1H. The Hall–Kier alpha value is -1.70. The molecule has 0 aliphatic carbocycles. The fraction of sp³-hybridized carbons (Fsp3) is 0.250. The summed E-state index contributed by atoms with van der Waals surface area (Å²) in [6.07, 6.45) is 2.58. The van der Waals surface area contributed by atoms with Crippen molar-refractivity contribution in [2.75, 3.05) is 13.6 Å². The van der Waals surface area contributed by atoms with Gasteiger partial charge in [0.05, 0.1) is 12.2 Å². The zero-order valence-electron chi connectivity index (χ0n) is 12.4. The summed E-state index contributed by atoms with van der Waals surface area (Å²) in [6, 6.07) is 12.3. The molecule has 0 unspecified atom stereocenters. The molecule has 2 aromatic rings. The number of halogens is 2. The highest BCUT2D eigenvalue weighted by Crippen LogP contribution is 2.02. The van der Waals surface area contributed by atoms with Crippen LogP contribution in [-0.4, -0.2) is 24.5 Å². The number of hydrogen-bond acceptors (Lipinski definition) is 2. The normalized spacial score (nSPS) is 10.7. The Kier molecular flexibility index (Phi) is 8.42. The molecule has 4 nitrogen and oxygen atoms in total. The van der Waals surface area contributed by atoms with Crippen molar-refractivity contribution in [3.63, 3.8) is 0 Å². The van der Waals surface area contributed by atoms with E-state index < -0.39 is 0 Å². The number of aliphatic imine (C=N–C) groups is 1. The third-order valence-electron chi connectivity index (χ3n) is 3.01. The molecular formula is C16H20FIN4. The van der Waals surface area contributed by atoms with Crippen molar-refractivity contribution in [1.29, 1.82) is 0 Å². The molecule has 0 spiro atoms. The second kappa shape index (κ2) is 10.1. The molecule has 1 heterocycles. The van der Waals surface area contributed by atoms with E-state index in [-0.39, 0.29) is 29.8 Å². The maximum Gasteiger partial charge on any atom is 0.191 e. The Morgan fingerprint density at radius 1 is 1.14 bits per heavy atom. The van der Waals surface area contributed by atoms with E-state index >= 15 is 0 Å². The van der Waals surface area contributed by atoms with Crippen LogP contribution < -0.4 is 10.6 Å². The molecule has 0 radical (unpaired) electrons.